The molecular formula is C12H17N5S. The van der Waals surface area contributed by atoms with E-state index in [1.807, 2.05) is 13.0 Å². The van der Waals surface area contributed by atoms with Gasteiger partial charge in [-0.05, 0) is 25.5 Å². The Bertz CT molecular complexity index is 532. The summed E-state index contributed by atoms with van der Waals surface area (Å²) in [7, 11) is 0. The molecule has 3 heterocycles. The average Bonchev–Trinajstić information content (AvgIpc) is 2.85. The Balaban J connectivity index is 1.75. The minimum Gasteiger partial charge on any atom is -0.369 e. The molecule has 1 aliphatic heterocycles. The lowest BCUT2D eigenvalue weighted by Gasteiger charge is -2.22. The molecule has 0 aromatic carbocycles. The number of rotatable bonds is 3. The molecule has 1 N–H and O–H groups in total. The predicted molar refractivity (Wildman–Crippen MR) is 74.1 cm³/mol. The van der Waals surface area contributed by atoms with Crippen LogP contribution in [0.15, 0.2) is 12.4 Å². The quantitative estimate of drug-likeness (QED) is 0.919. The monoisotopic (exact) mass is 263 g/mol. The second-order valence-electron chi connectivity index (χ2n) is 4.62. The number of aromatic nitrogens is 4. The van der Waals surface area contributed by atoms with Crippen LogP contribution in [0.25, 0.3) is 5.78 Å². The molecule has 96 valence electrons. The van der Waals surface area contributed by atoms with E-state index >= 15 is 0 Å². The Morgan fingerprint density at radius 1 is 1.50 bits per heavy atom. The van der Waals surface area contributed by atoms with E-state index in [4.69, 9.17) is 0 Å². The van der Waals surface area contributed by atoms with Gasteiger partial charge < -0.3 is 5.32 Å². The van der Waals surface area contributed by atoms with Crippen molar-refractivity contribution in [1.82, 2.24) is 19.6 Å². The van der Waals surface area contributed by atoms with Crippen LogP contribution in [0, 0.1) is 6.92 Å². The van der Waals surface area contributed by atoms with E-state index in [9.17, 15) is 0 Å². The fraction of sp³-hybridized carbons (Fsp3) is 0.583. The Kier molecular flexibility index (Phi) is 3.36. The van der Waals surface area contributed by atoms with Crippen molar-refractivity contribution in [2.24, 2.45) is 0 Å². The largest absolute Gasteiger partial charge is 0.369 e. The van der Waals surface area contributed by atoms with Crippen LogP contribution in [0.5, 0.6) is 0 Å². The van der Waals surface area contributed by atoms with Crippen molar-refractivity contribution in [3.63, 3.8) is 0 Å². The fourth-order valence-corrected chi connectivity index (χ4v) is 3.48. The Morgan fingerprint density at radius 2 is 2.44 bits per heavy atom. The van der Waals surface area contributed by atoms with Crippen LogP contribution in [0.1, 0.15) is 25.0 Å². The number of aryl methyl sites for hydroxylation is 1. The Labute approximate surface area is 110 Å². The molecule has 1 aliphatic rings. The standard InChI is InChI=1S/C12H17N5S/c1-9-6-11(17-12(16-9)14-8-15-17)13-7-10-4-2-3-5-18-10/h6,8,10,13H,2-5,7H2,1H3. The maximum atomic E-state index is 4.34. The number of anilines is 1. The SMILES string of the molecule is Cc1cc(NCC2CCCCS2)n2ncnc2n1. The van der Waals surface area contributed by atoms with Crippen LogP contribution in [0.3, 0.4) is 0 Å². The van der Waals surface area contributed by atoms with Crippen molar-refractivity contribution in [2.75, 3.05) is 17.6 Å². The molecule has 2 aromatic rings. The molecule has 6 heteroatoms. The van der Waals surface area contributed by atoms with E-state index < -0.39 is 0 Å². The summed E-state index contributed by atoms with van der Waals surface area (Å²) in [6.45, 7) is 2.97. The first-order chi connectivity index (χ1) is 8.83. The summed E-state index contributed by atoms with van der Waals surface area (Å²) in [6, 6.07) is 2.02. The minimum absolute atomic E-state index is 0.661. The number of fused-ring (bicyclic) bond motifs is 1. The van der Waals surface area contributed by atoms with Crippen molar-refractivity contribution >= 4 is 23.4 Å². The molecule has 1 unspecified atom stereocenters. The molecule has 1 saturated heterocycles. The molecule has 0 spiro atoms. The lowest BCUT2D eigenvalue weighted by Crippen LogP contribution is -2.21. The number of nitrogens with zero attached hydrogens (tertiary/aromatic N) is 4. The van der Waals surface area contributed by atoms with Crippen LogP contribution in [0.2, 0.25) is 0 Å². The summed E-state index contributed by atoms with van der Waals surface area (Å²) >= 11 is 2.07. The van der Waals surface area contributed by atoms with Gasteiger partial charge in [0.15, 0.2) is 0 Å². The molecule has 1 fully saturated rings. The first-order valence-electron chi connectivity index (χ1n) is 6.36. The molecule has 3 rings (SSSR count). The fourth-order valence-electron chi connectivity index (χ4n) is 2.24. The van der Waals surface area contributed by atoms with Gasteiger partial charge in [0.1, 0.15) is 12.1 Å². The van der Waals surface area contributed by atoms with Crippen LogP contribution >= 0.6 is 11.8 Å². The topological polar surface area (TPSA) is 55.1 Å². The van der Waals surface area contributed by atoms with Gasteiger partial charge in [0.2, 0.25) is 0 Å². The lowest BCUT2D eigenvalue weighted by molar-refractivity contribution is 0.675. The van der Waals surface area contributed by atoms with E-state index in [-0.39, 0.29) is 0 Å². The van der Waals surface area contributed by atoms with Gasteiger partial charge in [0.25, 0.3) is 5.78 Å². The van der Waals surface area contributed by atoms with E-state index in [0.29, 0.717) is 11.0 Å². The minimum atomic E-state index is 0.661. The number of thioether (sulfide) groups is 1. The zero-order valence-electron chi connectivity index (χ0n) is 10.5. The molecule has 18 heavy (non-hydrogen) atoms. The van der Waals surface area contributed by atoms with Crippen molar-refractivity contribution in [3.05, 3.63) is 18.1 Å². The average molecular weight is 263 g/mol. The van der Waals surface area contributed by atoms with Crippen molar-refractivity contribution < 1.29 is 0 Å². The third-order valence-electron chi connectivity index (χ3n) is 3.16. The number of hydrogen-bond acceptors (Lipinski definition) is 5. The molecule has 0 saturated carbocycles. The van der Waals surface area contributed by atoms with Crippen LogP contribution in [-0.4, -0.2) is 37.1 Å². The summed E-state index contributed by atoms with van der Waals surface area (Å²) in [5, 5.41) is 8.39. The molecular weight excluding hydrogens is 246 g/mol. The van der Waals surface area contributed by atoms with E-state index in [1.54, 1.807) is 10.8 Å². The Morgan fingerprint density at radius 3 is 3.28 bits per heavy atom. The third-order valence-corrected chi connectivity index (χ3v) is 4.56. The highest BCUT2D eigenvalue weighted by Crippen LogP contribution is 2.25. The van der Waals surface area contributed by atoms with Crippen LogP contribution in [-0.2, 0) is 0 Å². The molecule has 0 aliphatic carbocycles. The first-order valence-corrected chi connectivity index (χ1v) is 7.40. The number of nitrogens with one attached hydrogen (secondary N) is 1. The second kappa shape index (κ2) is 5.14. The zero-order chi connectivity index (χ0) is 12.4. The Hall–Kier alpha value is -1.30. The third kappa shape index (κ3) is 2.43. The first kappa shape index (κ1) is 11.8. The van der Waals surface area contributed by atoms with Crippen LogP contribution in [0.4, 0.5) is 5.82 Å². The van der Waals surface area contributed by atoms with Crippen LogP contribution < -0.4 is 5.32 Å². The van der Waals surface area contributed by atoms with Crippen molar-refractivity contribution in [3.8, 4) is 0 Å². The lowest BCUT2D eigenvalue weighted by atomic mass is 10.2. The molecule has 1 atom stereocenters. The van der Waals surface area contributed by atoms with Gasteiger partial charge in [-0.15, -0.1) is 0 Å². The van der Waals surface area contributed by atoms with Gasteiger partial charge in [0.05, 0.1) is 0 Å². The number of hydrogen-bond donors (Lipinski definition) is 1. The summed E-state index contributed by atoms with van der Waals surface area (Å²) in [6.07, 6.45) is 5.57. The molecule has 0 radical (unpaired) electrons. The van der Waals surface area contributed by atoms with Crippen molar-refractivity contribution in [1.29, 1.82) is 0 Å². The van der Waals surface area contributed by atoms with Gasteiger partial charge in [0, 0.05) is 23.6 Å². The normalized spacial score (nSPS) is 20.2. The van der Waals surface area contributed by atoms with Gasteiger partial charge in [-0.3, -0.25) is 0 Å². The van der Waals surface area contributed by atoms with E-state index in [1.165, 1.54) is 25.0 Å². The molecule has 5 nitrogen and oxygen atoms in total. The van der Waals surface area contributed by atoms with E-state index in [2.05, 4.69) is 32.1 Å². The molecule has 2 aromatic heterocycles. The summed E-state index contributed by atoms with van der Waals surface area (Å²) in [4.78, 5) is 8.47. The van der Waals surface area contributed by atoms with Gasteiger partial charge in [-0.2, -0.15) is 26.4 Å². The highest BCUT2D eigenvalue weighted by molar-refractivity contribution is 7.99. The summed E-state index contributed by atoms with van der Waals surface area (Å²) < 4.78 is 1.76. The van der Waals surface area contributed by atoms with Gasteiger partial charge >= 0.3 is 0 Å². The van der Waals surface area contributed by atoms with Gasteiger partial charge in [-0.1, -0.05) is 6.42 Å². The maximum absolute atomic E-state index is 4.34. The summed E-state index contributed by atoms with van der Waals surface area (Å²) in [5.74, 6) is 2.94. The smallest absolute Gasteiger partial charge is 0.254 e. The highest BCUT2D eigenvalue weighted by atomic mass is 32.2. The maximum Gasteiger partial charge on any atom is 0.254 e. The zero-order valence-corrected chi connectivity index (χ0v) is 11.3. The highest BCUT2D eigenvalue weighted by Gasteiger charge is 2.14. The molecule has 0 bridgehead atoms. The summed E-state index contributed by atoms with van der Waals surface area (Å²) in [5.41, 5.74) is 0.967. The van der Waals surface area contributed by atoms with Gasteiger partial charge in [-0.25, -0.2) is 4.98 Å². The van der Waals surface area contributed by atoms with E-state index in [0.717, 1.165) is 18.1 Å². The predicted octanol–water partition coefficient (Wildman–Crippen LogP) is 2.13. The molecule has 0 amide bonds. The second-order valence-corrected chi connectivity index (χ2v) is 6.03. The van der Waals surface area contributed by atoms with Crippen molar-refractivity contribution in [2.45, 2.75) is 31.4 Å².